The first-order valence-corrected chi connectivity index (χ1v) is 6.79. The van der Waals surface area contributed by atoms with Crippen molar-refractivity contribution in [2.45, 2.75) is 27.2 Å². The van der Waals surface area contributed by atoms with E-state index in [0.29, 0.717) is 23.7 Å². The summed E-state index contributed by atoms with van der Waals surface area (Å²) in [7, 11) is 0. The molecule has 1 aliphatic rings. The lowest BCUT2D eigenvalue weighted by Crippen LogP contribution is -2.32. The van der Waals surface area contributed by atoms with Crippen LogP contribution in [-0.4, -0.2) is 19.2 Å². The quantitative estimate of drug-likeness (QED) is 0.886. The third-order valence-electron chi connectivity index (χ3n) is 3.15. The molecule has 1 aliphatic heterocycles. The van der Waals surface area contributed by atoms with E-state index in [-0.39, 0.29) is 24.0 Å². The Labute approximate surface area is 119 Å². The number of amides is 1. The van der Waals surface area contributed by atoms with Gasteiger partial charge in [0.05, 0.1) is 5.92 Å². The van der Waals surface area contributed by atoms with Gasteiger partial charge < -0.3 is 20.5 Å². The predicted molar refractivity (Wildman–Crippen MR) is 77.8 cm³/mol. The molecule has 0 fully saturated rings. The van der Waals surface area contributed by atoms with Crippen molar-refractivity contribution in [1.82, 2.24) is 0 Å². The van der Waals surface area contributed by atoms with Gasteiger partial charge in [0, 0.05) is 18.3 Å². The van der Waals surface area contributed by atoms with Crippen LogP contribution in [0, 0.1) is 11.3 Å². The smallest absolute Gasteiger partial charge is 0.231 e. The standard InChI is InChI=1S/C15H22N2O3/c1-15(2,3)7-10(8-16)14(18)17-11-4-5-12-13(6-11)20-9-19-12/h4-6,10H,7-9,16H2,1-3H3,(H,17,18). The van der Waals surface area contributed by atoms with E-state index in [1.54, 1.807) is 18.2 Å². The number of anilines is 1. The monoisotopic (exact) mass is 278 g/mol. The molecular formula is C15H22N2O3. The molecule has 0 aliphatic carbocycles. The first kappa shape index (κ1) is 14.7. The summed E-state index contributed by atoms with van der Waals surface area (Å²) in [6, 6.07) is 5.36. The van der Waals surface area contributed by atoms with Gasteiger partial charge in [0.1, 0.15) is 0 Å². The molecule has 0 radical (unpaired) electrons. The molecule has 1 aromatic carbocycles. The largest absolute Gasteiger partial charge is 0.454 e. The molecule has 5 heteroatoms. The first-order chi connectivity index (χ1) is 9.39. The van der Waals surface area contributed by atoms with E-state index in [1.165, 1.54) is 0 Å². The number of fused-ring (bicyclic) bond motifs is 1. The van der Waals surface area contributed by atoms with Gasteiger partial charge in [0.25, 0.3) is 0 Å². The van der Waals surface area contributed by atoms with E-state index < -0.39 is 0 Å². The minimum absolute atomic E-state index is 0.0544. The molecule has 2 rings (SSSR count). The maximum Gasteiger partial charge on any atom is 0.231 e. The average molecular weight is 278 g/mol. The van der Waals surface area contributed by atoms with Crippen LogP contribution in [-0.2, 0) is 4.79 Å². The highest BCUT2D eigenvalue weighted by atomic mass is 16.7. The van der Waals surface area contributed by atoms with E-state index in [4.69, 9.17) is 15.2 Å². The fraction of sp³-hybridized carbons (Fsp3) is 0.533. The van der Waals surface area contributed by atoms with Gasteiger partial charge in [-0.05, 0) is 24.0 Å². The van der Waals surface area contributed by atoms with Crippen LogP contribution in [0.25, 0.3) is 0 Å². The molecule has 0 bridgehead atoms. The van der Waals surface area contributed by atoms with Gasteiger partial charge in [0.15, 0.2) is 11.5 Å². The Morgan fingerprint density at radius 1 is 1.35 bits per heavy atom. The van der Waals surface area contributed by atoms with Crippen LogP contribution in [0.1, 0.15) is 27.2 Å². The molecule has 1 amide bonds. The summed E-state index contributed by atoms with van der Waals surface area (Å²) < 4.78 is 10.5. The zero-order valence-corrected chi connectivity index (χ0v) is 12.2. The summed E-state index contributed by atoms with van der Waals surface area (Å²) >= 11 is 0. The third-order valence-corrected chi connectivity index (χ3v) is 3.15. The van der Waals surface area contributed by atoms with Gasteiger partial charge in [-0.15, -0.1) is 0 Å². The molecule has 1 unspecified atom stereocenters. The molecule has 0 saturated heterocycles. The van der Waals surface area contributed by atoms with Crippen LogP contribution >= 0.6 is 0 Å². The Bertz CT molecular complexity index is 494. The number of rotatable bonds is 4. The summed E-state index contributed by atoms with van der Waals surface area (Å²) in [4.78, 5) is 12.3. The van der Waals surface area contributed by atoms with E-state index in [0.717, 1.165) is 6.42 Å². The highest BCUT2D eigenvalue weighted by Gasteiger charge is 2.24. The van der Waals surface area contributed by atoms with Gasteiger partial charge in [-0.25, -0.2) is 0 Å². The Hall–Kier alpha value is -1.75. The fourth-order valence-electron chi connectivity index (χ4n) is 2.24. The highest BCUT2D eigenvalue weighted by Crippen LogP contribution is 2.34. The van der Waals surface area contributed by atoms with Crippen molar-refractivity contribution >= 4 is 11.6 Å². The van der Waals surface area contributed by atoms with Crippen molar-refractivity contribution in [2.24, 2.45) is 17.1 Å². The fourth-order valence-corrected chi connectivity index (χ4v) is 2.24. The molecule has 0 saturated carbocycles. The molecule has 5 nitrogen and oxygen atoms in total. The Morgan fingerprint density at radius 3 is 2.70 bits per heavy atom. The molecule has 3 N–H and O–H groups in total. The number of nitrogens with one attached hydrogen (secondary N) is 1. The van der Waals surface area contributed by atoms with Crippen molar-refractivity contribution in [3.8, 4) is 11.5 Å². The second-order valence-corrected chi connectivity index (χ2v) is 6.25. The molecule has 1 atom stereocenters. The highest BCUT2D eigenvalue weighted by molar-refractivity contribution is 5.93. The molecule has 1 aromatic rings. The van der Waals surface area contributed by atoms with Crippen molar-refractivity contribution in [2.75, 3.05) is 18.7 Å². The molecule has 110 valence electrons. The van der Waals surface area contributed by atoms with E-state index >= 15 is 0 Å². The average Bonchev–Trinajstić information content (AvgIpc) is 2.82. The van der Waals surface area contributed by atoms with Crippen molar-refractivity contribution in [3.05, 3.63) is 18.2 Å². The summed E-state index contributed by atoms with van der Waals surface area (Å²) in [6.45, 7) is 6.87. The lowest BCUT2D eigenvalue weighted by atomic mass is 9.84. The number of carbonyl (C=O) groups is 1. The van der Waals surface area contributed by atoms with E-state index in [9.17, 15) is 4.79 Å². The summed E-state index contributed by atoms with van der Waals surface area (Å²) in [5.74, 6) is 1.11. The van der Waals surface area contributed by atoms with Gasteiger partial charge in [-0.3, -0.25) is 4.79 Å². The van der Waals surface area contributed by atoms with Crippen LogP contribution in [0.2, 0.25) is 0 Å². The normalized spacial score (nSPS) is 15.0. The number of carbonyl (C=O) groups excluding carboxylic acids is 1. The maximum absolute atomic E-state index is 12.3. The third kappa shape index (κ3) is 3.63. The number of ether oxygens (including phenoxy) is 2. The summed E-state index contributed by atoms with van der Waals surface area (Å²) in [5, 5.41) is 2.89. The minimum atomic E-state index is -0.194. The van der Waals surface area contributed by atoms with Gasteiger partial charge >= 0.3 is 0 Å². The molecule has 0 aromatic heterocycles. The second-order valence-electron chi connectivity index (χ2n) is 6.25. The van der Waals surface area contributed by atoms with Gasteiger partial charge in [-0.2, -0.15) is 0 Å². The number of benzene rings is 1. The van der Waals surface area contributed by atoms with Crippen molar-refractivity contribution in [3.63, 3.8) is 0 Å². The first-order valence-electron chi connectivity index (χ1n) is 6.79. The number of hydrogen-bond acceptors (Lipinski definition) is 4. The molecule has 0 spiro atoms. The molecule has 1 heterocycles. The lowest BCUT2D eigenvalue weighted by molar-refractivity contribution is -0.120. The zero-order chi connectivity index (χ0) is 14.8. The second kappa shape index (κ2) is 5.71. The Kier molecular flexibility index (Phi) is 4.18. The van der Waals surface area contributed by atoms with E-state index in [2.05, 4.69) is 26.1 Å². The predicted octanol–water partition coefficient (Wildman–Crippen LogP) is 2.36. The molecular weight excluding hydrogens is 256 g/mol. The van der Waals surface area contributed by atoms with Crippen LogP contribution in [0.5, 0.6) is 11.5 Å². The minimum Gasteiger partial charge on any atom is -0.454 e. The number of hydrogen-bond donors (Lipinski definition) is 2. The summed E-state index contributed by atoms with van der Waals surface area (Å²) in [6.07, 6.45) is 0.750. The SMILES string of the molecule is CC(C)(C)CC(CN)C(=O)Nc1ccc2c(c1)OCO2. The Balaban J connectivity index is 2.03. The summed E-state index contributed by atoms with van der Waals surface area (Å²) in [5.41, 5.74) is 6.49. The van der Waals surface area contributed by atoms with Crippen LogP contribution in [0.3, 0.4) is 0 Å². The van der Waals surface area contributed by atoms with Crippen LogP contribution in [0.4, 0.5) is 5.69 Å². The van der Waals surface area contributed by atoms with Crippen molar-refractivity contribution < 1.29 is 14.3 Å². The Morgan fingerprint density at radius 2 is 2.05 bits per heavy atom. The lowest BCUT2D eigenvalue weighted by Gasteiger charge is -2.24. The topological polar surface area (TPSA) is 73.6 Å². The van der Waals surface area contributed by atoms with Gasteiger partial charge in [-0.1, -0.05) is 20.8 Å². The maximum atomic E-state index is 12.3. The van der Waals surface area contributed by atoms with E-state index in [1.807, 2.05) is 0 Å². The van der Waals surface area contributed by atoms with Crippen LogP contribution < -0.4 is 20.5 Å². The molecule has 20 heavy (non-hydrogen) atoms. The van der Waals surface area contributed by atoms with Crippen molar-refractivity contribution in [1.29, 1.82) is 0 Å². The van der Waals surface area contributed by atoms with Crippen LogP contribution in [0.15, 0.2) is 18.2 Å². The zero-order valence-electron chi connectivity index (χ0n) is 12.2. The van der Waals surface area contributed by atoms with Gasteiger partial charge in [0.2, 0.25) is 12.7 Å². The number of nitrogens with two attached hydrogens (primary N) is 1.